The molecule has 0 unspecified atom stereocenters. The van der Waals surface area contributed by atoms with Crippen molar-refractivity contribution in [2.75, 3.05) is 4.90 Å². The zero-order valence-electron chi connectivity index (χ0n) is 27.3. The molecule has 0 bridgehead atoms. The third-order valence-electron chi connectivity index (χ3n) is 9.61. The summed E-state index contributed by atoms with van der Waals surface area (Å²) in [6.07, 6.45) is 0. The molecular weight excluding hydrogens is 619 g/mol. The second kappa shape index (κ2) is 11.8. The molecule has 0 aliphatic carbocycles. The standard InChI is InChI=1S/C45H33NO2S/c1-45(2)36-15-6-7-18-39(36)47-44-37(45)16-11-17-38(44)46(33-26-22-31(23-27-33)30-12-4-3-5-13-30)34-28-24-32(25-29-34)35-14-10-21-42-43(35)48-40-19-8-9-20-41(40)49-42/h3-29H,1-2H3. The maximum Gasteiger partial charge on any atom is 0.155 e. The number of benzene rings is 7. The van der Waals surface area contributed by atoms with Gasteiger partial charge in [-0.1, -0.05) is 135 Å². The fourth-order valence-corrected chi connectivity index (χ4v) is 8.04. The van der Waals surface area contributed by atoms with Crippen molar-refractivity contribution in [1.29, 1.82) is 0 Å². The molecule has 2 aliphatic rings. The average molecular weight is 652 g/mol. The topological polar surface area (TPSA) is 21.7 Å². The summed E-state index contributed by atoms with van der Waals surface area (Å²) >= 11 is 1.75. The van der Waals surface area contributed by atoms with Crippen molar-refractivity contribution in [1.82, 2.24) is 0 Å². The van der Waals surface area contributed by atoms with Gasteiger partial charge in [0.15, 0.2) is 5.75 Å². The van der Waals surface area contributed by atoms with Gasteiger partial charge in [0, 0.05) is 33.5 Å². The molecule has 0 spiro atoms. The van der Waals surface area contributed by atoms with Crippen LogP contribution in [0, 0.1) is 0 Å². The number of ether oxygens (including phenoxy) is 2. The third-order valence-corrected chi connectivity index (χ3v) is 10.7. The first-order valence-corrected chi connectivity index (χ1v) is 17.4. The molecule has 0 saturated heterocycles. The summed E-state index contributed by atoms with van der Waals surface area (Å²) in [5, 5.41) is 0. The second-order valence-corrected chi connectivity index (χ2v) is 14.0. The minimum Gasteiger partial charge on any atom is -0.455 e. The van der Waals surface area contributed by atoms with E-state index in [0.29, 0.717) is 0 Å². The number of fused-ring (bicyclic) bond motifs is 4. The van der Waals surface area contributed by atoms with Crippen molar-refractivity contribution in [3.8, 4) is 45.3 Å². The van der Waals surface area contributed by atoms with Crippen molar-refractivity contribution in [3.05, 3.63) is 175 Å². The van der Waals surface area contributed by atoms with E-state index in [2.05, 4.69) is 164 Å². The first-order chi connectivity index (χ1) is 24.0. The number of nitrogens with zero attached hydrogens (tertiary/aromatic N) is 1. The minimum atomic E-state index is -0.226. The van der Waals surface area contributed by atoms with Crippen molar-refractivity contribution in [2.45, 2.75) is 29.1 Å². The van der Waals surface area contributed by atoms with Crippen molar-refractivity contribution in [2.24, 2.45) is 0 Å². The summed E-state index contributed by atoms with van der Waals surface area (Å²) in [6, 6.07) is 57.6. The monoisotopic (exact) mass is 651 g/mol. The largest absolute Gasteiger partial charge is 0.455 e. The number of anilines is 3. The number of para-hydroxylation sites is 4. The predicted molar refractivity (Wildman–Crippen MR) is 201 cm³/mol. The van der Waals surface area contributed by atoms with E-state index in [1.54, 1.807) is 11.8 Å². The lowest BCUT2D eigenvalue weighted by Gasteiger charge is -2.37. The van der Waals surface area contributed by atoms with Gasteiger partial charge < -0.3 is 14.4 Å². The highest BCUT2D eigenvalue weighted by Gasteiger charge is 2.36. The van der Waals surface area contributed by atoms with Crippen molar-refractivity contribution in [3.63, 3.8) is 0 Å². The maximum atomic E-state index is 6.78. The fourth-order valence-electron chi connectivity index (χ4n) is 7.05. The highest BCUT2D eigenvalue weighted by molar-refractivity contribution is 7.99. The van der Waals surface area contributed by atoms with E-state index in [9.17, 15) is 0 Å². The van der Waals surface area contributed by atoms with Gasteiger partial charge in [-0.15, -0.1) is 0 Å². The van der Waals surface area contributed by atoms with Crippen LogP contribution in [-0.4, -0.2) is 0 Å². The van der Waals surface area contributed by atoms with Gasteiger partial charge in [-0.3, -0.25) is 0 Å². The molecule has 0 N–H and O–H groups in total. The van der Waals surface area contributed by atoms with Crippen LogP contribution in [0.1, 0.15) is 25.0 Å². The molecule has 0 aromatic heterocycles. The summed E-state index contributed by atoms with van der Waals surface area (Å²) in [6.45, 7) is 4.56. The predicted octanol–water partition coefficient (Wildman–Crippen LogP) is 13.2. The summed E-state index contributed by atoms with van der Waals surface area (Å²) in [5.41, 5.74) is 9.75. The van der Waals surface area contributed by atoms with Gasteiger partial charge in [-0.2, -0.15) is 0 Å². The molecule has 0 atom stereocenters. The second-order valence-electron chi connectivity index (χ2n) is 13.0. The Balaban J connectivity index is 1.15. The van der Waals surface area contributed by atoms with Crippen LogP contribution in [0.3, 0.4) is 0 Å². The molecule has 0 fully saturated rings. The lowest BCUT2D eigenvalue weighted by molar-refractivity contribution is 0.419. The van der Waals surface area contributed by atoms with Gasteiger partial charge in [0.2, 0.25) is 0 Å². The van der Waals surface area contributed by atoms with E-state index in [1.165, 1.54) is 16.7 Å². The fraction of sp³-hybridized carbons (Fsp3) is 0.0667. The quantitative estimate of drug-likeness (QED) is 0.185. The molecule has 3 nitrogen and oxygen atoms in total. The Morgan fingerprint density at radius 3 is 1.80 bits per heavy atom. The highest BCUT2D eigenvalue weighted by atomic mass is 32.2. The molecule has 7 aromatic rings. The van der Waals surface area contributed by atoms with E-state index in [1.807, 2.05) is 18.2 Å². The molecule has 2 heterocycles. The molecular formula is C45H33NO2S. The van der Waals surface area contributed by atoms with E-state index < -0.39 is 0 Å². The molecule has 9 rings (SSSR count). The van der Waals surface area contributed by atoms with E-state index in [0.717, 1.165) is 66.5 Å². The lowest BCUT2D eigenvalue weighted by Crippen LogP contribution is -2.25. The first-order valence-electron chi connectivity index (χ1n) is 16.6. The molecule has 236 valence electrons. The minimum absolute atomic E-state index is 0.226. The Morgan fingerprint density at radius 1 is 0.449 bits per heavy atom. The summed E-state index contributed by atoms with van der Waals surface area (Å²) in [7, 11) is 0. The van der Waals surface area contributed by atoms with Gasteiger partial charge in [-0.05, 0) is 71.3 Å². The Morgan fingerprint density at radius 2 is 1.02 bits per heavy atom. The molecule has 0 radical (unpaired) electrons. The zero-order chi connectivity index (χ0) is 33.0. The number of rotatable bonds is 5. The maximum absolute atomic E-state index is 6.78. The number of hydrogen-bond donors (Lipinski definition) is 0. The Kier molecular flexibility index (Phi) is 7.07. The van der Waals surface area contributed by atoms with Gasteiger partial charge in [0.1, 0.15) is 17.2 Å². The molecule has 7 aromatic carbocycles. The lowest BCUT2D eigenvalue weighted by atomic mass is 9.75. The van der Waals surface area contributed by atoms with E-state index in [-0.39, 0.29) is 5.41 Å². The highest BCUT2D eigenvalue weighted by Crippen LogP contribution is 2.54. The molecule has 0 saturated carbocycles. The van der Waals surface area contributed by atoms with Crippen LogP contribution in [-0.2, 0) is 5.41 Å². The van der Waals surface area contributed by atoms with Gasteiger partial charge in [-0.25, -0.2) is 0 Å². The average Bonchev–Trinajstić information content (AvgIpc) is 3.15. The normalized spacial score (nSPS) is 13.5. The Hall–Kier alpha value is -5.71. The van der Waals surface area contributed by atoms with Crippen LogP contribution in [0.2, 0.25) is 0 Å². The summed E-state index contributed by atoms with van der Waals surface area (Å²) < 4.78 is 13.3. The first kappa shape index (κ1) is 29.4. The molecule has 49 heavy (non-hydrogen) atoms. The van der Waals surface area contributed by atoms with Crippen molar-refractivity contribution < 1.29 is 9.47 Å². The summed E-state index contributed by atoms with van der Waals surface area (Å²) in [4.78, 5) is 4.57. The SMILES string of the molecule is CC1(C)c2ccccc2Oc2c(N(c3ccc(-c4ccccc4)cc3)c3ccc(-c4cccc5c4Oc4ccccc4S5)cc3)cccc21. The van der Waals surface area contributed by atoms with Crippen LogP contribution >= 0.6 is 11.8 Å². The van der Waals surface area contributed by atoms with Crippen LogP contribution in [0.4, 0.5) is 17.1 Å². The van der Waals surface area contributed by atoms with E-state index >= 15 is 0 Å². The summed E-state index contributed by atoms with van der Waals surface area (Å²) in [5.74, 6) is 3.57. The van der Waals surface area contributed by atoms with Gasteiger partial charge in [0.25, 0.3) is 0 Å². The van der Waals surface area contributed by atoms with Crippen molar-refractivity contribution >= 4 is 28.8 Å². The van der Waals surface area contributed by atoms with E-state index in [4.69, 9.17) is 9.47 Å². The van der Waals surface area contributed by atoms with Gasteiger partial charge in [0.05, 0.1) is 15.5 Å². The van der Waals surface area contributed by atoms with Crippen LogP contribution in [0.15, 0.2) is 174 Å². The molecule has 4 heteroatoms. The smallest absolute Gasteiger partial charge is 0.155 e. The van der Waals surface area contributed by atoms with Crippen LogP contribution in [0.5, 0.6) is 23.0 Å². The zero-order valence-corrected chi connectivity index (χ0v) is 28.1. The Labute approximate surface area is 291 Å². The Bertz CT molecular complexity index is 2330. The molecule has 2 aliphatic heterocycles. The molecule has 0 amide bonds. The van der Waals surface area contributed by atoms with Gasteiger partial charge >= 0.3 is 0 Å². The van der Waals surface area contributed by atoms with Crippen LogP contribution in [0.25, 0.3) is 22.3 Å². The van der Waals surface area contributed by atoms with Crippen LogP contribution < -0.4 is 14.4 Å². The third kappa shape index (κ3) is 5.08. The number of hydrogen-bond acceptors (Lipinski definition) is 4.